The lowest BCUT2D eigenvalue weighted by molar-refractivity contribution is 0.194. The van der Waals surface area contributed by atoms with Gasteiger partial charge in [0.1, 0.15) is 11.6 Å². The summed E-state index contributed by atoms with van der Waals surface area (Å²) in [7, 11) is 1.63. The Labute approximate surface area is 163 Å². The van der Waals surface area contributed by atoms with Crippen molar-refractivity contribution < 1.29 is 13.9 Å². The quantitative estimate of drug-likeness (QED) is 0.847. The third-order valence-corrected chi connectivity index (χ3v) is 4.91. The van der Waals surface area contributed by atoms with Crippen LogP contribution >= 0.6 is 11.6 Å². The molecule has 0 aliphatic carbocycles. The highest BCUT2D eigenvalue weighted by atomic mass is 35.5. The average Bonchev–Trinajstić information content (AvgIpc) is 2.69. The fourth-order valence-electron chi connectivity index (χ4n) is 3.18. The van der Waals surface area contributed by atoms with Crippen LogP contribution in [0, 0.1) is 5.82 Å². The van der Waals surface area contributed by atoms with Gasteiger partial charge in [-0.1, -0.05) is 29.8 Å². The van der Waals surface area contributed by atoms with E-state index in [-0.39, 0.29) is 11.8 Å². The number of carbonyl (C=O) groups is 1. The molecule has 144 valence electrons. The highest BCUT2D eigenvalue weighted by Gasteiger charge is 2.23. The summed E-state index contributed by atoms with van der Waals surface area (Å²) in [6.45, 7) is 2.99. The standard InChI is InChI=1S/C20H23ClFN3O2/c1-27-19-7-6-16(21)14-18(19)24-10-12-25(13-11-24)20(26)23-9-8-15-4-2-3-5-17(15)22/h2-7,14H,8-13H2,1H3,(H,23,26). The first-order valence-electron chi connectivity index (χ1n) is 8.93. The van der Waals surface area contributed by atoms with Crippen molar-refractivity contribution in [3.05, 3.63) is 58.9 Å². The number of ether oxygens (including phenoxy) is 1. The molecule has 3 rings (SSSR count). The molecular weight excluding hydrogens is 369 g/mol. The van der Waals surface area contributed by atoms with E-state index < -0.39 is 0 Å². The van der Waals surface area contributed by atoms with E-state index in [1.54, 1.807) is 36.3 Å². The molecule has 2 aromatic rings. The molecule has 0 aromatic heterocycles. The Hall–Kier alpha value is -2.47. The van der Waals surface area contributed by atoms with Gasteiger partial charge in [-0.3, -0.25) is 0 Å². The summed E-state index contributed by atoms with van der Waals surface area (Å²) in [4.78, 5) is 16.3. The van der Waals surface area contributed by atoms with Gasteiger partial charge in [-0.15, -0.1) is 0 Å². The minimum absolute atomic E-state index is 0.121. The molecule has 1 aliphatic rings. The number of carbonyl (C=O) groups excluding carboxylic acids is 1. The number of nitrogens with one attached hydrogen (secondary N) is 1. The van der Waals surface area contributed by atoms with E-state index in [2.05, 4.69) is 10.2 Å². The molecule has 0 unspecified atom stereocenters. The Morgan fingerprint density at radius 2 is 1.93 bits per heavy atom. The molecule has 7 heteroatoms. The number of urea groups is 1. The predicted octanol–water partition coefficient (Wildman–Crippen LogP) is 3.56. The average molecular weight is 392 g/mol. The van der Waals surface area contributed by atoms with Crippen LogP contribution in [-0.4, -0.2) is 50.8 Å². The van der Waals surface area contributed by atoms with Gasteiger partial charge in [0.15, 0.2) is 0 Å². The van der Waals surface area contributed by atoms with Gasteiger partial charge in [0.25, 0.3) is 0 Å². The Bertz CT molecular complexity index is 795. The Morgan fingerprint density at radius 3 is 2.63 bits per heavy atom. The van der Waals surface area contributed by atoms with Gasteiger partial charge < -0.3 is 19.9 Å². The highest BCUT2D eigenvalue weighted by Crippen LogP contribution is 2.31. The topological polar surface area (TPSA) is 44.8 Å². The van der Waals surface area contributed by atoms with Crippen LogP contribution in [-0.2, 0) is 6.42 Å². The molecule has 1 N–H and O–H groups in total. The van der Waals surface area contributed by atoms with E-state index in [1.165, 1.54) is 6.07 Å². The van der Waals surface area contributed by atoms with E-state index in [1.807, 2.05) is 12.1 Å². The zero-order valence-corrected chi connectivity index (χ0v) is 16.0. The Balaban J connectivity index is 1.49. The van der Waals surface area contributed by atoms with Crippen LogP contribution in [0.2, 0.25) is 5.02 Å². The predicted molar refractivity (Wildman–Crippen MR) is 105 cm³/mol. The van der Waals surface area contributed by atoms with Gasteiger partial charge >= 0.3 is 6.03 Å². The maximum Gasteiger partial charge on any atom is 0.317 e. The lowest BCUT2D eigenvalue weighted by atomic mass is 10.1. The molecule has 0 radical (unpaired) electrons. The van der Waals surface area contributed by atoms with E-state index >= 15 is 0 Å². The van der Waals surface area contributed by atoms with Gasteiger partial charge in [0.2, 0.25) is 0 Å². The maximum absolute atomic E-state index is 13.6. The molecule has 0 atom stereocenters. The van der Waals surface area contributed by atoms with Crippen molar-refractivity contribution in [1.82, 2.24) is 10.2 Å². The number of rotatable bonds is 5. The summed E-state index contributed by atoms with van der Waals surface area (Å²) in [6, 6.07) is 12.0. The smallest absolute Gasteiger partial charge is 0.317 e. The Kier molecular flexibility index (Phi) is 6.40. The van der Waals surface area contributed by atoms with Crippen LogP contribution in [0.15, 0.2) is 42.5 Å². The zero-order valence-electron chi connectivity index (χ0n) is 15.3. The van der Waals surface area contributed by atoms with Gasteiger partial charge in [0.05, 0.1) is 12.8 Å². The molecule has 2 aromatic carbocycles. The summed E-state index contributed by atoms with van der Waals surface area (Å²) < 4.78 is 19.0. The number of hydrogen-bond donors (Lipinski definition) is 1. The number of benzene rings is 2. The summed E-state index contributed by atoms with van der Waals surface area (Å²) in [5, 5.41) is 3.52. The van der Waals surface area contributed by atoms with Crippen LogP contribution in [0.5, 0.6) is 5.75 Å². The van der Waals surface area contributed by atoms with Gasteiger partial charge in [-0.2, -0.15) is 0 Å². The van der Waals surface area contributed by atoms with E-state index in [0.717, 1.165) is 11.4 Å². The number of hydrogen-bond acceptors (Lipinski definition) is 3. The second-order valence-electron chi connectivity index (χ2n) is 6.36. The van der Waals surface area contributed by atoms with Gasteiger partial charge in [0, 0.05) is 37.7 Å². The normalized spacial score (nSPS) is 14.2. The Morgan fingerprint density at radius 1 is 1.19 bits per heavy atom. The van der Waals surface area contributed by atoms with Crippen LogP contribution < -0.4 is 15.0 Å². The number of anilines is 1. The van der Waals surface area contributed by atoms with Crippen molar-refractivity contribution in [1.29, 1.82) is 0 Å². The summed E-state index contributed by atoms with van der Waals surface area (Å²) >= 11 is 6.11. The van der Waals surface area contributed by atoms with Crippen molar-refractivity contribution in [2.24, 2.45) is 0 Å². The third-order valence-electron chi connectivity index (χ3n) is 4.68. The fraction of sp³-hybridized carbons (Fsp3) is 0.350. The van der Waals surface area contributed by atoms with Crippen LogP contribution in [0.4, 0.5) is 14.9 Å². The van der Waals surface area contributed by atoms with Crippen LogP contribution in [0.25, 0.3) is 0 Å². The first-order valence-corrected chi connectivity index (χ1v) is 9.31. The molecular formula is C20H23ClFN3O2. The van der Waals surface area contributed by atoms with E-state index in [0.29, 0.717) is 49.7 Å². The van der Waals surface area contributed by atoms with Crippen molar-refractivity contribution in [3.8, 4) is 5.75 Å². The molecule has 1 fully saturated rings. The number of piperazine rings is 1. The minimum atomic E-state index is -0.240. The van der Waals surface area contributed by atoms with Crippen LogP contribution in [0.1, 0.15) is 5.56 Å². The summed E-state index contributed by atoms with van der Waals surface area (Å²) in [5.74, 6) is 0.526. The first-order chi connectivity index (χ1) is 13.1. The van der Waals surface area contributed by atoms with Crippen molar-refractivity contribution >= 4 is 23.3 Å². The number of methoxy groups -OCH3 is 1. The van der Waals surface area contributed by atoms with Crippen molar-refractivity contribution in [3.63, 3.8) is 0 Å². The molecule has 0 spiro atoms. The second kappa shape index (κ2) is 8.95. The van der Waals surface area contributed by atoms with Crippen LogP contribution in [0.3, 0.4) is 0 Å². The van der Waals surface area contributed by atoms with Crippen molar-refractivity contribution in [2.75, 3.05) is 44.7 Å². The fourth-order valence-corrected chi connectivity index (χ4v) is 3.34. The van der Waals surface area contributed by atoms with Crippen molar-refractivity contribution in [2.45, 2.75) is 6.42 Å². The van der Waals surface area contributed by atoms with E-state index in [4.69, 9.17) is 16.3 Å². The van der Waals surface area contributed by atoms with Gasteiger partial charge in [-0.05, 0) is 36.2 Å². The maximum atomic E-state index is 13.6. The molecule has 27 heavy (non-hydrogen) atoms. The molecule has 1 aliphatic heterocycles. The minimum Gasteiger partial charge on any atom is -0.495 e. The second-order valence-corrected chi connectivity index (χ2v) is 6.80. The SMILES string of the molecule is COc1ccc(Cl)cc1N1CCN(C(=O)NCCc2ccccc2F)CC1. The molecule has 0 saturated carbocycles. The molecule has 5 nitrogen and oxygen atoms in total. The number of halogens is 2. The number of nitrogens with zero attached hydrogens (tertiary/aromatic N) is 2. The monoisotopic (exact) mass is 391 g/mol. The first kappa shape index (κ1) is 19.3. The summed E-state index contributed by atoms with van der Waals surface area (Å²) in [6.07, 6.45) is 0.470. The third kappa shape index (κ3) is 4.83. The summed E-state index contributed by atoms with van der Waals surface area (Å²) in [5.41, 5.74) is 1.54. The zero-order chi connectivity index (χ0) is 19.2. The molecule has 1 heterocycles. The largest absolute Gasteiger partial charge is 0.495 e. The lowest BCUT2D eigenvalue weighted by Crippen LogP contribution is -2.52. The lowest BCUT2D eigenvalue weighted by Gasteiger charge is -2.36. The molecule has 1 saturated heterocycles. The molecule has 2 amide bonds. The van der Waals surface area contributed by atoms with Gasteiger partial charge in [-0.25, -0.2) is 9.18 Å². The highest BCUT2D eigenvalue weighted by molar-refractivity contribution is 6.30. The number of amides is 2. The van der Waals surface area contributed by atoms with E-state index in [9.17, 15) is 9.18 Å². The molecule has 0 bridgehead atoms.